The summed E-state index contributed by atoms with van der Waals surface area (Å²) in [4.78, 5) is 12.5. The molecule has 0 bridgehead atoms. The Labute approximate surface area is 250 Å². The number of hydrogen-bond donors (Lipinski definition) is 2. The first kappa shape index (κ1) is 37.3. The highest BCUT2D eigenvalue weighted by molar-refractivity contribution is 7.80. The molecule has 0 radical (unpaired) electrons. The van der Waals surface area contributed by atoms with E-state index in [2.05, 4.69) is 39.1 Å². The third-order valence-corrected chi connectivity index (χ3v) is 9.06. The molecule has 236 valence electrons. The summed E-state index contributed by atoms with van der Waals surface area (Å²) in [5.41, 5.74) is 0. The van der Waals surface area contributed by atoms with Crippen molar-refractivity contribution in [1.29, 1.82) is 0 Å². The number of allylic oxidation sites excluding steroid dienone is 1. The van der Waals surface area contributed by atoms with E-state index >= 15 is 0 Å². The van der Waals surface area contributed by atoms with Crippen LogP contribution in [0.25, 0.3) is 0 Å². The van der Waals surface area contributed by atoms with E-state index in [1.54, 1.807) is 0 Å². The first-order valence-corrected chi connectivity index (χ1v) is 18.2. The zero-order valence-electron chi connectivity index (χ0n) is 26.7. The summed E-state index contributed by atoms with van der Waals surface area (Å²) in [6.07, 6.45) is 27.9. The van der Waals surface area contributed by atoms with Gasteiger partial charge in [0.05, 0.1) is 24.3 Å². The summed E-state index contributed by atoms with van der Waals surface area (Å²) >= 11 is -1.37. The lowest BCUT2D eigenvalue weighted by Crippen LogP contribution is -2.42. The molecule has 1 aliphatic rings. The molecule has 40 heavy (non-hydrogen) atoms. The lowest BCUT2D eigenvalue weighted by atomic mass is 10.0. The Morgan fingerprint density at radius 1 is 0.775 bits per heavy atom. The second-order valence-corrected chi connectivity index (χ2v) is 14.2. The van der Waals surface area contributed by atoms with Gasteiger partial charge in [-0.15, -0.1) is 0 Å². The largest absolute Gasteiger partial charge is 0.393 e. The molecule has 1 heterocycles. The molecule has 1 amide bonds. The quantitative estimate of drug-likeness (QED) is 0.0787. The van der Waals surface area contributed by atoms with E-state index in [1.165, 1.54) is 96.3 Å². The Morgan fingerprint density at radius 2 is 1.23 bits per heavy atom. The number of carbonyl (C=O) groups is 1. The normalized spacial score (nSPS) is 20.2. The average Bonchev–Trinajstić information content (AvgIpc) is 3.23. The van der Waals surface area contributed by atoms with E-state index < -0.39 is 17.2 Å². The van der Waals surface area contributed by atoms with Gasteiger partial charge in [0.25, 0.3) is 0 Å². The van der Waals surface area contributed by atoms with Crippen LogP contribution in [0.1, 0.15) is 163 Å². The minimum atomic E-state index is -1.37. The lowest BCUT2D eigenvalue weighted by molar-refractivity contribution is -0.123. The number of aliphatic hydroxyl groups excluding tert-OH is 1. The zero-order chi connectivity index (χ0) is 29.4. The summed E-state index contributed by atoms with van der Waals surface area (Å²) in [6.45, 7) is 9.18. The maximum Gasteiger partial charge on any atom is 0.222 e. The lowest BCUT2D eigenvalue weighted by Gasteiger charge is -2.17. The molecule has 2 N–H and O–H groups in total. The minimum absolute atomic E-state index is 0.105. The van der Waals surface area contributed by atoms with E-state index in [0.29, 0.717) is 12.2 Å². The first-order valence-electron chi connectivity index (χ1n) is 17.0. The fourth-order valence-corrected chi connectivity index (χ4v) is 6.53. The number of unbranched alkanes of at least 4 members (excludes halogenated alkanes) is 15. The first-order chi connectivity index (χ1) is 19.3. The van der Waals surface area contributed by atoms with Crippen LogP contribution in [0.15, 0.2) is 12.2 Å². The van der Waals surface area contributed by atoms with Crippen LogP contribution >= 0.6 is 0 Å². The number of nitrogens with one attached hydrogen (secondary N) is 1. The highest BCUT2D eigenvalue weighted by atomic mass is 32.2. The number of hydrogen-bond acceptors (Lipinski definition) is 4. The van der Waals surface area contributed by atoms with E-state index in [-0.39, 0.29) is 24.5 Å². The predicted molar refractivity (Wildman–Crippen MR) is 172 cm³/mol. The minimum Gasteiger partial charge on any atom is -0.393 e. The van der Waals surface area contributed by atoms with Crippen LogP contribution < -0.4 is 5.32 Å². The molecule has 0 aliphatic carbocycles. The maximum atomic E-state index is 12.5. The molecule has 6 heteroatoms. The molecule has 0 aromatic rings. The van der Waals surface area contributed by atoms with Crippen molar-refractivity contribution in [2.24, 2.45) is 11.8 Å². The fourth-order valence-electron chi connectivity index (χ4n) is 5.44. The third-order valence-electron chi connectivity index (χ3n) is 7.99. The molecule has 0 saturated carbocycles. The van der Waals surface area contributed by atoms with Gasteiger partial charge in [0, 0.05) is 0 Å². The summed E-state index contributed by atoms with van der Waals surface area (Å²) in [7, 11) is 0. The van der Waals surface area contributed by atoms with Gasteiger partial charge in [0.15, 0.2) is 11.1 Å². The van der Waals surface area contributed by atoms with E-state index in [1.807, 2.05) is 6.08 Å². The zero-order valence-corrected chi connectivity index (χ0v) is 27.5. The summed E-state index contributed by atoms with van der Waals surface area (Å²) in [5, 5.41) is 13.3. The van der Waals surface area contributed by atoms with Crippen LogP contribution in [0.4, 0.5) is 0 Å². The van der Waals surface area contributed by atoms with Gasteiger partial charge in [-0.2, -0.15) is 0 Å². The van der Waals surface area contributed by atoms with Crippen LogP contribution in [-0.2, 0) is 20.1 Å². The van der Waals surface area contributed by atoms with Crippen molar-refractivity contribution in [3.63, 3.8) is 0 Å². The Balaban J connectivity index is 2.07. The van der Waals surface area contributed by atoms with Gasteiger partial charge < -0.3 is 10.4 Å². The van der Waals surface area contributed by atoms with Crippen LogP contribution in [0.5, 0.6) is 0 Å². The predicted octanol–water partition coefficient (Wildman–Crippen LogP) is 8.95. The van der Waals surface area contributed by atoms with Crippen molar-refractivity contribution in [2.45, 2.75) is 181 Å². The molecule has 0 unspecified atom stereocenters. The molecule has 1 fully saturated rings. The molecule has 5 nitrogen and oxygen atoms in total. The number of aliphatic hydroxyl groups is 1. The molecule has 0 aromatic carbocycles. The van der Waals surface area contributed by atoms with Crippen molar-refractivity contribution >= 4 is 17.0 Å². The highest BCUT2D eigenvalue weighted by Gasteiger charge is 2.33. The Kier molecular flexibility index (Phi) is 23.2. The molecule has 1 saturated heterocycles. The SMILES string of the molecule is CC(C)CCCCCCCCC/C=C/[C@H]1O[S@](=O)C[C@@H]1NC(=O)C[C@H](O)CCCCCCCCCCCC(C)C. The van der Waals surface area contributed by atoms with Crippen molar-refractivity contribution in [1.82, 2.24) is 5.32 Å². The fraction of sp³-hybridized carbons (Fsp3) is 0.912. The third kappa shape index (κ3) is 22.0. The Hall–Kier alpha value is -0.720. The summed E-state index contributed by atoms with van der Waals surface area (Å²) < 4.78 is 17.5. The van der Waals surface area contributed by atoms with Gasteiger partial charge in [-0.1, -0.05) is 149 Å². The average molecular weight is 584 g/mol. The second kappa shape index (κ2) is 24.8. The molecule has 0 spiro atoms. The van der Waals surface area contributed by atoms with E-state index in [0.717, 1.165) is 37.5 Å². The van der Waals surface area contributed by atoms with Gasteiger partial charge in [0.2, 0.25) is 5.91 Å². The van der Waals surface area contributed by atoms with Crippen LogP contribution in [-0.4, -0.2) is 39.2 Å². The van der Waals surface area contributed by atoms with Crippen LogP contribution in [0.2, 0.25) is 0 Å². The van der Waals surface area contributed by atoms with E-state index in [4.69, 9.17) is 4.18 Å². The molecule has 4 atom stereocenters. The van der Waals surface area contributed by atoms with Crippen molar-refractivity contribution in [2.75, 3.05) is 5.75 Å². The summed E-state index contributed by atoms with van der Waals surface area (Å²) in [5.74, 6) is 1.78. The molecular formula is C34H65NO4S. The van der Waals surface area contributed by atoms with Crippen LogP contribution in [0.3, 0.4) is 0 Å². The molecule has 1 rings (SSSR count). The molecular weight excluding hydrogens is 518 g/mol. The monoisotopic (exact) mass is 583 g/mol. The Morgan fingerprint density at radius 3 is 1.73 bits per heavy atom. The molecule has 0 aromatic heterocycles. The van der Waals surface area contributed by atoms with Crippen molar-refractivity contribution in [3.8, 4) is 0 Å². The standard InChI is InChI=1S/C34H65NO4S/c1-29(2)23-19-15-11-7-5-9-13-17-21-25-31(36)27-34(37)35-32-28-40(38)39-33(32)26-22-18-14-10-6-8-12-16-20-24-30(3)4/h22,26,29-33,36H,5-21,23-25,27-28H2,1-4H3,(H,35,37)/b26-22+/t31-,32+,33-,40+/m1/s1. The number of amides is 1. The maximum absolute atomic E-state index is 12.5. The van der Waals surface area contributed by atoms with Crippen molar-refractivity contribution in [3.05, 3.63) is 12.2 Å². The van der Waals surface area contributed by atoms with Gasteiger partial charge in [-0.3, -0.25) is 8.98 Å². The highest BCUT2D eigenvalue weighted by Crippen LogP contribution is 2.18. The summed E-state index contributed by atoms with van der Waals surface area (Å²) in [6, 6.07) is -0.284. The van der Waals surface area contributed by atoms with Gasteiger partial charge >= 0.3 is 0 Å². The second-order valence-electron chi connectivity index (χ2n) is 13.1. The van der Waals surface area contributed by atoms with Crippen LogP contribution in [0, 0.1) is 11.8 Å². The van der Waals surface area contributed by atoms with Gasteiger partial charge in [-0.05, 0) is 31.1 Å². The number of carbonyl (C=O) groups excluding carboxylic acids is 1. The van der Waals surface area contributed by atoms with Gasteiger partial charge in [0.1, 0.15) is 6.10 Å². The smallest absolute Gasteiger partial charge is 0.222 e. The topological polar surface area (TPSA) is 75.6 Å². The Bertz CT molecular complexity index is 666. The molecule has 1 aliphatic heterocycles. The van der Waals surface area contributed by atoms with Gasteiger partial charge in [-0.25, -0.2) is 4.21 Å². The van der Waals surface area contributed by atoms with Crippen molar-refractivity contribution < 1.29 is 18.3 Å². The van der Waals surface area contributed by atoms with E-state index in [9.17, 15) is 14.1 Å². The number of rotatable bonds is 26.